The van der Waals surface area contributed by atoms with Gasteiger partial charge >= 0.3 is 5.97 Å². The van der Waals surface area contributed by atoms with Crippen molar-refractivity contribution >= 4 is 17.5 Å². The van der Waals surface area contributed by atoms with Gasteiger partial charge in [0.05, 0.1) is 0 Å². The third-order valence-corrected chi connectivity index (χ3v) is 9.18. The van der Waals surface area contributed by atoms with Crippen LogP contribution in [0.3, 0.4) is 0 Å². The van der Waals surface area contributed by atoms with E-state index < -0.39 is 5.97 Å². The van der Waals surface area contributed by atoms with E-state index >= 15 is 0 Å². The SMILES string of the molecule is CC(/C=C/C=C(C)/C=C/C=C(\C)C(=O)O)=C1/C(=O)C[C@H]2[C@@]3(C)CCC(=O)C(C)(C)C3CC[C@]12C. The lowest BCUT2D eigenvalue weighted by molar-refractivity contribution is -0.154. The van der Waals surface area contributed by atoms with Crippen LogP contribution in [0.25, 0.3) is 0 Å². The zero-order valence-electron chi connectivity index (χ0n) is 21.8. The van der Waals surface area contributed by atoms with Gasteiger partial charge in [0.15, 0.2) is 5.78 Å². The van der Waals surface area contributed by atoms with Crippen LogP contribution in [0, 0.1) is 28.1 Å². The van der Waals surface area contributed by atoms with Gasteiger partial charge in [-0.25, -0.2) is 4.79 Å². The maximum Gasteiger partial charge on any atom is 0.331 e. The first kappa shape index (κ1) is 26.1. The Bertz CT molecular complexity index is 1050. The number of Topliss-reactive ketones (excluding diaryl/α,β-unsaturated/α-hetero) is 2. The van der Waals surface area contributed by atoms with E-state index in [-0.39, 0.29) is 33.5 Å². The standard InChI is InChI=1S/C30H40O4/c1-19(11-9-13-21(3)27(33)34)10-8-12-20(2)26-22(31)18-24-29(6)17-15-25(32)28(4,5)23(29)14-16-30(24,26)7/h8-13,23-24H,14-18H2,1-7H3,(H,33,34)/b11-9+,12-8+,19-10+,21-13+,26-20+/t23?,24-,29-,30-/m0/s1. The second-order valence-electron chi connectivity index (χ2n) is 11.7. The van der Waals surface area contributed by atoms with Gasteiger partial charge in [-0.05, 0) is 62.9 Å². The first-order chi connectivity index (χ1) is 15.7. The monoisotopic (exact) mass is 464 g/mol. The van der Waals surface area contributed by atoms with Gasteiger partial charge in [-0.2, -0.15) is 0 Å². The van der Waals surface area contributed by atoms with E-state index in [2.05, 4.69) is 27.7 Å². The molecule has 0 bridgehead atoms. The second-order valence-corrected chi connectivity index (χ2v) is 11.7. The van der Waals surface area contributed by atoms with Gasteiger partial charge in [-0.15, -0.1) is 0 Å². The van der Waals surface area contributed by atoms with Crippen LogP contribution >= 0.6 is 0 Å². The number of aliphatic carboxylic acids is 1. The van der Waals surface area contributed by atoms with Crippen molar-refractivity contribution in [3.05, 3.63) is 58.7 Å². The summed E-state index contributed by atoms with van der Waals surface area (Å²) in [6.45, 7) is 14.4. The Balaban J connectivity index is 1.86. The van der Waals surface area contributed by atoms with E-state index in [0.29, 0.717) is 24.5 Å². The molecule has 4 heteroatoms. The third kappa shape index (κ3) is 4.44. The number of allylic oxidation sites excluding steroid dienone is 9. The van der Waals surface area contributed by atoms with Gasteiger partial charge in [0, 0.05) is 34.8 Å². The van der Waals surface area contributed by atoms with Crippen LogP contribution in [-0.4, -0.2) is 22.6 Å². The molecule has 184 valence electrons. The van der Waals surface area contributed by atoms with E-state index in [1.807, 2.05) is 38.2 Å². The molecule has 0 aromatic heterocycles. The maximum absolute atomic E-state index is 13.3. The number of carbonyl (C=O) groups excluding carboxylic acids is 2. The van der Waals surface area contributed by atoms with Crippen molar-refractivity contribution in [1.29, 1.82) is 0 Å². The lowest BCUT2D eigenvalue weighted by atomic mass is 9.43. The fourth-order valence-corrected chi connectivity index (χ4v) is 7.28. The minimum absolute atomic E-state index is 0.00863. The number of rotatable bonds is 5. The van der Waals surface area contributed by atoms with E-state index in [1.165, 1.54) is 0 Å². The van der Waals surface area contributed by atoms with Crippen molar-refractivity contribution in [2.45, 2.75) is 80.6 Å². The molecule has 0 aliphatic heterocycles. The Morgan fingerprint density at radius 2 is 1.59 bits per heavy atom. The Labute approximate surface area is 204 Å². The number of carboxylic acids is 1. The van der Waals surface area contributed by atoms with Crippen molar-refractivity contribution in [2.75, 3.05) is 0 Å². The summed E-state index contributed by atoms with van der Waals surface area (Å²) in [5.74, 6) is 0.330. The quantitative estimate of drug-likeness (QED) is 0.359. The summed E-state index contributed by atoms with van der Waals surface area (Å²) in [5, 5.41) is 8.92. The minimum Gasteiger partial charge on any atom is -0.478 e. The summed E-state index contributed by atoms with van der Waals surface area (Å²) < 4.78 is 0. The molecule has 4 atom stereocenters. The predicted molar refractivity (Wildman–Crippen MR) is 136 cm³/mol. The minimum atomic E-state index is -0.923. The van der Waals surface area contributed by atoms with Crippen LogP contribution in [-0.2, 0) is 14.4 Å². The van der Waals surface area contributed by atoms with Crippen LogP contribution in [0.1, 0.15) is 80.6 Å². The van der Waals surface area contributed by atoms with Gasteiger partial charge in [-0.1, -0.05) is 69.7 Å². The Morgan fingerprint density at radius 1 is 0.941 bits per heavy atom. The predicted octanol–water partition coefficient (Wildman–Crippen LogP) is 6.79. The lowest BCUT2D eigenvalue weighted by Gasteiger charge is -2.60. The molecule has 34 heavy (non-hydrogen) atoms. The number of hydrogen-bond donors (Lipinski definition) is 1. The molecule has 0 saturated heterocycles. The summed E-state index contributed by atoms with van der Waals surface area (Å²) in [5.41, 5.74) is 2.83. The van der Waals surface area contributed by atoms with E-state index in [4.69, 9.17) is 5.11 Å². The molecule has 4 nitrogen and oxygen atoms in total. The Morgan fingerprint density at radius 3 is 2.24 bits per heavy atom. The molecule has 3 rings (SSSR count). The van der Waals surface area contributed by atoms with Crippen LogP contribution < -0.4 is 0 Å². The van der Waals surface area contributed by atoms with Gasteiger partial charge in [0.1, 0.15) is 5.78 Å². The molecule has 0 amide bonds. The molecule has 1 unspecified atom stereocenters. The van der Waals surface area contributed by atoms with Crippen LogP contribution in [0.15, 0.2) is 58.7 Å². The molecule has 3 saturated carbocycles. The molecule has 0 heterocycles. The van der Waals surface area contributed by atoms with Crippen LogP contribution in [0.5, 0.6) is 0 Å². The molecule has 0 aromatic rings. The Kier molecular flexibility index (Phi) is 7.13. The van der Waals surface area contributed by atoms with E-state index in [1.54, 1.807) is 19.1 Å². The summed E-state index contributed by atoms with van der Waals surface area (Å²) >= 11 is 0. The highest BCUT2D eigenvalue weighted by molar-refractivity contribution is 6.01. The summed E-state index contributed by atoms with van der Waals surface area (Å²) in [4.78, 5) is 36.9. The normalized spacial score (nSPS) is 35.6. The van der Waals surface area contributed by atoms with Crippen molar-refractivity contribution in [2.24, 2.45) is 28.1 Å². The van der Waals surface area contributed by atoms with Gasteiger partial charge < -0.3 is 5.11 Å². The number of carbonyl (C=O) groups is 3. The number of carboxylic acid groups (broad SMARTS) is 1. The van der Waals surface area contributed by atoms with Gasteiger partial charge in [0.2, 0.25) is 0 Å². The number of hydrogen-bond acceptors (Lipinski definition) is 3. The van der Waals surface area contributed by atoms with Crippen LogP contribution in [0.2, 0.25) is 0 Å². The van der Waals surface area contributed by atoms with Crippen molar-refractivity contribution in [3.63, 3.8) is 0 Å². The summed E-state index contributed by atoms with van der Waals surface area (Å²) in [6, 6.07) is 0. The van der Waals surface area contributed by atoms with Crippen molar-refractivity contribution in [3.8, 4) is 0 Å². The molecule has 1 N–H and O–H groups in total. The van der Waals surface area contributed by atoms with Gasteiger partial charge in [-0.3, -0.25) is 9.59 Å². The summed E-state index contributed by atoms with van der Waals surface area (Å²) in [7, 11) is 0. The number of fused-ring (bicyclic) bond motifs is 3. The van der Waals surface area contributed by atoms with Crippen molar-refractivity contribution in [1.82, 2.24) is 0 Å². The highest BCUT2D eigenvalue weighted by Gasteiger charge is 2.64. The van der Waals surface area contributed by atoms with Crippen molar-refractivity contribution < 1.29 is 19.5 Å². The molecule has 3 aliphatic carbocycles. The number of ketones is 2. The molecule has 0 spiro atoms. The molecule has 0 aromatic carbocycles. The fourth-order valence-electron chi connectivity index (χ4n) is 7.28. The van der Waals surface area contributed by atoms with Gasteiger partial charge in [0.25, 0.3) is 0 Å². The first-order valence-corrected chi connectivity index (χ1v) is 12.5. The Hall–Kier alpha value is -2.49. The lowest BCUT2D eigenvalue weighted by Crippen LogP contribution is -2.56. The third-order valence-electron chi connectivity index (χ3n) is 9.18. The average molecular weight is 465 g/mol. The average Bonchev–Trinajstić information content (AvgIpc) is 3.02. The zero-order chi connectivity index (χ0) is 25.5. The van der Waals surface area contributed by atoms with Crippen LogP contribution in [0.4, 0.5) is 0 Å². The molecule has 3 aliphatic rings. The molecule has 3 fully saturated rings. The maximum atomic E-state index is 13.3. The van der Waals surface area contributed by atoms with E-state index in [9.17, 15) is 14.4 Å². The topological polar surface area (TPSA) is 71.4 Å². The largest absolute Gasteiger partial charge is 0.478 e. The summed E-state index contributed by atoms with van der Waals surface area (Å²) in [6.07, 6.45) is 15.2. The highest BCUT2D eigenvalue weighted by atomic mass is 16.4. The zero-order valence-corrected chi connectivity index (χ0v) is 21.8. The highest BCUT2D eigenvalue weighted by Crippen LogP contribution is 2.68. The fraction of sp³-hybridized carbons (Fsp3) is 0.567. The molecular weight excluding hydrogens is 424 g/mol. The first-order valence-electron chi connectivity index (χ1n) is 12.5. The smallest absolute Gasteiger partial charge is 0.331 e. The van der Waals surface area contributed by atoms with E-state index in [0.717, 1.165) is 36.0 Å². The molecular formula is C30H40O4. The second kappa shape index (κ2) is 9.28. The molecule has 0 radical (unpaired) electrons.